The fraction of sp³-hybridized carbons (Fsp3) is 0.235. The van der Waals surface area contributed by atoms with Gasteiger partial charge in [-0.2, -0.15) is 5.26 Å². The Kier molecular flexibility index (Phi) is 11.4. The van der Waals surface area contributed by atoms with Gasteiger partial charge < -0.3 is 23.6 Å². The first-order valence-electron chi connectivity index (χ1n) is 14.0. The average Bonchev–Trinajstić information content (AvgIpc) is 3.70. The summed E-state index contributed by atoms with van der Waals surface area (Å²) in [4.78, 5) is 10.5. The number of rotatable bonds is 10. The predicted molar refractivity (Wildman–Crippen MR) is 171 cm³/mol. The topological polar surface area (TPSA) is 132 Å². The van der Waals surface area contributed by atoms with Gasteiger partial charge in [0.1, 0.15) is 29.0 Å². The number of carbonyl (C=O) groups excluding carboxylic acids is 1. The highest BCUT2D eigenvalue weighted by atomic mass is 35.5. The van der Waals surface area contributed by atoms with Gasteiger partial charge in [0.25, 0.3) is 0 Å². The summed E-state index contributed by atoms with van der Waals surface area (Å²) in [6.07, 6.45) is 0.280. The maximum atomic E-state index is 10.5. The Hall–Kier alpha value is -4.62. The van der Waals surface area contributed by atoms with Crippen molar-refractivity contribution < 1.29 is 28.4 Å². The Morgan fingerprint density at radius 3 is 1.82 bits per heavy atom. The van der Waals surface area contributed by atoms with Crippen molar-refractivity contribution in [3.05, 3.63) is 105 Å². The van der Waals surface area contributed by atoms with E-state index in [0.717, 1.165) is 16.7 Å². The lowest BCUT2D eigenvalue weighted by Gasteiger charge is -2.11. The van der Waals surface area contributed by atoms with Gasteiger partial charge in [-0.25, -0.2) is 0 Å². The van der Waals surface area contributed by atoms with Crippen molar-refractivity contribution in [2.45, 2.75) is 52.4 Å². The standard InChI is InChI=1S/C21H19ClN2O3.C13H12ClNO3/c1-13(2)26-20-8-7-16(10-17(20)22)21-11-18(24-27-21)19(25)9-14-3-5-15(12-23)6-4-14;1-8(2)17-12-4-3-9(5-11(12)14)13-6-10(7-16)15-18-13/h3-8,10-11,13,19,25H,9H2,1-2H3;3-8H,1-2H3. The number of nitrogens with zero attached hydrogens (tertiary/aromatic N) is 3. The van der Waals surface area contributed by atoms with Crippen molar-refractivity contribution in [3.8, 4) is 40.2 Å². The number of aldehydes is 1. The summed E-state index contributed by atoms with van der Waals surface area (Å²) in [6.45, 7) is 7.72. The lowest BCUT2D eigenvalue weighted by Crippen LogP contribution is -2.05. The monoisotopic (exact) mass is 647 g/mol. The molecule has 0 saturated carbocycles. The maximum absolute atomic E-state index is 10.5. The van der Waals surface area contributed by atoms with Crippen LogP contribution in [0.1, 0.15) is 61.1 Å². The smallest absolute Gasteiger partial charge is 0.171 e. The van der Waals surface area contributed by atoms with Crippen molar-refractivity contribution in [2.24, 2.45) is 0 Å². The SMILES string of the molecule is CC(C)Oc1ccc(-c2cc(C(O)Cc3ccc(C#N)cc3)no2)cc1Cl.CC(C)Oc1ccc(-c2cc(C=O)no2)cc1Cl. The molecule has 45 heavy (non-hydrogen) atoms. The minimum atomic E-state index is -0.811. The molecule has 0 aliphatic rings. The van der Waals surface area contributed by atoms with Gasteiger partial charge in [-0.15, -0.1) is 0 Å². The highest BCUT2D eigenvalue weighted by Crippen LogP contribution is 2.33. The molecule has 1 atom stereocenters. The summed E-state index contributed by atoms with van der Waals surface area (Å²) >= 11 is 12.4. The third kappa shape index (κ3) is 9.19. The van der Waals surface area contributed by atoms with Gasteiger partial charge in [0, 0.05) is 29.7 Å². The summed E-state index contributed by atoms with van der Waals surface area (Å²) in [6, 6.07) is 23.0. The first kappa shape index (κ1) is 33.3. The van der Waals surface area contributed by atoms with E-state index >= 15 is 0 Å². The molecule has 9 nitrogen and oxygen atoms in total. The number of hydrogen-bond donors (Lipinski definition) is 1. The zero-order chi connectivity index (χ0) is 32.5. The summed E-state index contributed by atoms with van der Waals surface area (Å²) in [7, 11) is 0. The Labute approximate surface area is 270 Å². The van der Waals surface area contributed by atoms with Gasteiger partial charge in [0.05, 0.1) is 33.9 Å². The predicted octanol–water partition coefficient (Wildman–Crippen LogP) is 8.52. The second-order valence-electron chi connectivity index (χ2n) is 10.5. The van der Waals surface area contributed by atoms with Crippen LogP contribution in [0.2, 0.25) is 10.0 Å². The number of hydrogen-bond acceptors (Lipinski definition) is 9. The highest BCUT2D eigenvalue weighted by Gasteiger charge is 2.17. The van der Waals surface area contributed by atoms with Crippen molar-refractivity contribution in [2.75, 3.05) is 0 Å². The van der Waals surface area contributed by atoms with E-state index in [1.54, 1.807) is 54.6 Å². The molecule has 5 rings (SSSR count). The molecule has 5 aromatic rings. The quantitative estimate of drug-likeness (QED) is 0.148. The van der Waals surface area contributed by atoms with E-state index in [1.807, 2.05) is 45.9 Å². The molecule has 0 fully saturated rings. The fourth-order valence-corrected chi connectivity index (χ4v) is 4.56. The molecule has 0 saturated heterocycles. The molecule has 2 heterocycles. The molecule has 0 aliphatic heterocycles. The summed E-state index contributed by atoms with van der Waals surface area (Å²) < 4.78 is 21.6. The van der Waals surface area contributed by atoms with Gasteiger partial charge in [-0.3, -0.25) is 4.79 Å². The van der Waals surface area contributed by atoms with E-state index in [9.17, 15) is 9.90 Å². The van der Waals surface area contributed by atoms with Crippen molar-refractivity contribution in [1.29, 1.82) is 5.26 Å². The second kappa shape index (κ2) is 15.4. The minimum absolute atomic E-state index is 0.0302. The summed E-state index contributed by atoms with van der Waals surface area (Å²) in [5, 5.41) is 27.8. The Morgan fingerprint density at radius 2 is 1.36 bits per heavy atom. The van der Waals surface area contributed by atoms with Crippen LogP contribution in [0.4, 0.5) is 0 Å². The van der Waals surface area contributed by atoms with E-state index < -0.39 is 6.10 Å². The van der Waals surface area contributed by atoms with Crippen molar-refractivity contribution in [3.63, 3.8) is 0 Å². The Balaban J connectivity index is 0.000000222. The molecule has 232 valence electrons. The molecule has 0 amide bonds. The van der Waals surface area contributed by atoms with Gasteiger partial charge in [0.15, 0.2) is 17.8 Å². The number of nitriles is 1. The average molecular weight is 649 g/mol. The number of benzene rings is 3. The van der Waals surface area contributed by atoms with Crippen LogP contribution in [0.3, 0.4) is 0 Å². The molecule has 0 aliphatic carbocycles. The second-order valence-corrected chi connectivity index (χ2v) is 11.3. The van der Waals surface area contributed by atoms with E-state index in [4.69, 9.17) is 47.0 Å². The zero-order valence-corrected chi connectivity index (χ0v) is 26.5. The Bertz CT molecular complexity index is 1770. The van der Waals surface area contributed by atoms with Crippen LogP contribution < -0.4 is 9.47 Å². The first-order chi connectivity index (χ1) is 21.6. The summed E-state index contributed by atoms with van der Waals surface area (Å²) in [5.41, 5.74) is 3.68. The lowest BCUT2D eigenvalue weighted by molar-refractivity contribution is 0.111. The minimum Gasteiger partial charge on any atom is -0.489 e. The third-order valence-electron chi connectivity index (χ3n) is 6.19. The number of ether oxygens (including phenoxy) is 2. The van der Waals surface area contributed by atoms with Crippen molar-refractivity contribution >= 4 is 29.5 Å². The van der Waals surface area contributed by atoms with Gasteiger partial charge in [0.2, 0.25) is 0 Å². The Morgan fingerprint density at radius 1 is 0.822 bits per heavy atom. The summed E-state index contributed by atoms with van der Waals surface area (Å²) in [5.74, 6) is 2.23. The zero-order valence-electron chi connectivity index (χ0n) is 25.0. The van der Waals surface area contributed by atoms with Crippen LogP contribution in [0.15, 0.2) is 81.8 Å². The lowest BCUT2D eigenvalue weighted by atomic mass is 10.0. The molecular weight excluding hydrogens is 617 g/mol. The van der Waals surface area contributed by atoms with E-state index in [0.29, 0.717) is 57.0 Å². The molecule has 1 N–H and O–H groups in total. The normalized spacial score (nSPS) is 11.5. The van der Waals surface area contributed by atoms with Crippen LogP contribution in [0, 0.1) is 11.3 Å². The fourth-order valence-electron chi connectivity index (χ4n) is 4.11. The highest BCUT2D eigenvalue weighted by molar-refractivity contribution is 6.32. The number of carbonyl (C=O) groups is 1. The van der Waals surface area contributed by atoms with Crippen molar-refractivity contribution in [1.82, 2.24) is 10.3 Å². The third-order valence-corrected chi connectivity index (χ3v) is 6.78. The van der Waals surface area contributed by atoms with Gasteiger partial charge >= 0.3 is 0 Å². The van der Waals surface area contributed by atoms with E-state index in [2.05, 4.69) is 16.4 Å². The molecular formula is C34H31Cl2N3O6. The van der Waals surface area contributed by atoms with E-state index in [-0.39, 0.29) is 17.9 Å². The van der Waals surface area contributed by atoms with Crippen LogP contribution in [-0.2, 0) is 6.42 Å². The molecule has 11 heteroatoms. The van der Waals surface area contributed by atoms with Gasteiger partial charge in [-0.1, -0.05) is 45.6 Å². The molecule has 2 aromatic heterocycles. The number of aliphatic hydroxyl groups is 1. The van der Waals surface area contributed by atoms with Crippen LogP contribution in [0.5, 0.6) is 11.5 Å². The number of aromatic nitrogens is 2. The molecule has 0 radical (unpaired) electrons. The largest absolute Gasteiger partial charge is 0.489 e. The maximum Gasteiger partial charge on any atom is 0.171 e. The molecule has 1 unspecified atom stereocenters. The molecule has 3 aromatic carbocycles. The first-order valence-corrected chi connectivity index (χ1v) is 14.8. The number of halogens is 2. The van der Waals surface area contributed by atoms with Gasteiger partial charge in [-0.05, 0) is 81.8 Å². The van der Waals surface area contributed by atoms with Crippen LogP contribution in [0.25, 0.3) is 22.6 Å². The van der Waals surface area contributed by atoms with Crippen LogP contribution in [-0.4, -0.2) is 33.9 Å². The van der Waals surface area contributed by atoms with Crippen LogP contribution >= 0.6 is 23.2 Å². The van der Waals surface area contributed by atoms with E-state index in [1.165, 1.54) is 0 Å². The molecule has 0 spiro atoms. The number of aliphatic hydroxyl groups excluding tert-OH is 1. The molecule has 0 bridgehead atoms.